The molecule has 1 rings (SSSR count). The summed E-state index contributed by atoms with van der Waals surface area (Å²) in [4.78, 5) is 10.6. The van der Waals surface area contributed by atoms with E-state index in [1.807, 2.05) is 17.8 Å². The topological polar surface area (TPSA) is 57.0 Å². The molecule has 0 fully saturated rings. The van der Waals surface area contributed by atoms with Crippen LogP contribution in [0.25, 0.3) is 0 Å². The molecular formula is C10H17N3O2. The molecule has 0 saturated heterocycles. The van der Waals surface area contributed by atoms with Gasteiger partial charge in [0.15, 0.2) is 5.78 Å². The maximum Gasteiger partial charge on any atom is 0.155 e. The second kappa shape index (κ2) is 6.29. The Labute approximate surface area is 89.4 Å². The standard InChI is InChI=1S/C10H17N3O2/c1-9-7-13(12-11-9)5-3-4-6-15-8-10(2)14/h7H,3-6,8H2,1-2H3. The predicted octanol–water partition coefficient (Wildman–Crippen LogP) is 0.972. The predicted molar refractivity (Wildman–Crippen MR) is 55.5 cm³/mol. The van der Waals surface area contributed by atoms with Gasteiger partial charge in [-0.3, -0.25) is 9.48 Å². The minimum atomic E-state index is 0.0712. The van der Waals surface area contributed by atoms with Gasteiger partial charge >= 0.3 is 0 Å². The molecule has 0 aliphatic rings. The number of aromatic nitrogens is 3. The fourth-order valence-electron chi connectivity index (χ4n) is 1.20. The van der Waals surface area contributed by atoms with E-state index in [4.69, 9.17) is 4.74 Å². The van der Waals surface area contributed by atoms with E-state index in [0.717, 1.165) is 25.1 Å². The summed E-state index contributed by atoms with van der Waals surface area (Å²) in [6.07, 6.45) is 3.84. The summed E-state index contributed by atoms with van der Waals surface area (Å²) < 4.78 is 6.96. The van der Waals surface area contributed by atoms with Crippen LogP contribution >= 0.6 is 0 Å². The first kappa shape index (κ1) is 11.8. The molecule has 5 heteroatoms. The van der Waals surface area contributed by atoms with E-state index in [2.05, 4.69) is 10.3 Å². The van der Waals surface area contributed by atoms with Gasteiger partial charge in [-0.05, 0) is 26.7 Å². The highest BCUT2D eigenvalue weighted by molar-refractivity contribution is 5.76. The highest BCUT2D eigenvalue weighted by Crippen LogP contribution is 1.96. The second-order valence-electron chi connectivity index (χ2n) is 3.58. The maximum atomic E-state index is 10.6. The summed E-state index contributed by atoms with van der Waals surface area (Å²) in [5.74, 6) is 0.0712. The van der Waals surface area contributed by atoms with Crippen LogP contribution in [0.15, 0.2) is 6.20 Å². The zero-order valence-electron chi connectivity index (χ0n) is 9.27. The van der Waals surface area contributed by atoms with Gasteiger partial charge < -0.3 is 4.74 Å². The van der Waals surface area contributed by atoms with Crippen LogP contribution in [0.5, 0.6) is 0 Å². The third kappa shape index (κ3) is 5.27. The smallest absolute Gasteiger partial charge is 0.155 e. The summed E-state index contributed by atoms with van der Waals surface area (Å²) in [5, 5.41) is 7.83. The fourth-order valence-corrected chi connectivity index (χ4v) is 1.20. The Morgan fingerprint density at radius 3 is 2.93 bits per heavy atom. The average Bonchev–Trinajstić information content (AvgIpc) is 2.57. The van der Waals surface area contributed by atoms with Crippen molar-refractivity contribution in [2.75, 3.05) is 13.2 Å². The molecule has 0 aliphatic heterocycles. The Hall–Kier alpha value is -1.23. The molecule has 0 aromatic carbocycles. The summed E-state index contributed by atoms with van der Waals surface area (Å²) in [5.41, 5.74) is 0.933. The van der Waals surface area contributed by atoms with E-state index in [1.165, 1.54) is 6.92 Å². The number of nitrogens with zero attached hydrogens (tertiary/aromatic N) is 3. The van der Waals surface area contributed by atoms with Crippen molar-refractivity contribution in [2.45, 2.75) is 33.2 Å². The first-order valence-corrected chi connectivity index (χ1v) is 5.12. The van der Waals surface area contributed by atoms with Crippen LogP contribution in [0.3, 0.4) is 0 Å². The molecule has 1 heterocycles. The van der Waals surface area contributed by atoms with Crippen LogP contribution in [0, 0.1) is 6.92 Å². The number of carbonyl (C=O) groups is 1. The molecule has 0 spiro atoms. The summed E-state index contributed by atoms with van der Waals surface area (Å²) in [6.45, 7) is 5.15. The number of ketones is 1. The highest BCUT2D eigenvalue weighted by atomic mass is 16.5. The van der Waals surface area contributed by atoms with Crippen LogP contribution in [0.4, 0.5) is 0 Å². The van der Waals surface area contributed by atoms with Gasteiger partial charge in [-0.1, -0.05) is 5.21 Å². The molecule has 1 aromatic heterocycles. The van der Waals surface area contributed by atoms with Gasteiger partial charge in [-0.2, -0.15) is 0 Å². The quantitative estimate of drug-likeness (QED) is 0.631. The van der Waals surface area contributed by atoms with Gasteiger partial charge in [-0.15, -0.1) is 5.10 Å². The van der Waals surface area contributed by atoms with Crippen molar-refractivity contribution in [3.05, 3.63) is 11.9 Å². The van der Waals surface area contributed by atoms with E-state index >= 15 is 0 Å². The Morgan fingerprint density at radius 1 is 1.53 bits per heavy atom. The molecule has 84 valence electrons. The van der Waals surface area contributed by atoms with Crippen molar-refractivity contribution in [1.29, 1.82) is 0 Å². The number of rotatable bonds is 7. The second-order valence-corrected chi connectivity index (χ2v) is 3.58. The van der Waals surface area contributed by atoms with Crippen LogP contribution in [0.2, 0.25) is 0 Å². The van der Waals surface area contributed by atoms with E-state index in [9.17, 15) is 4.79 Å². The SMILES string of the molecule is CC(=O)COCCCCn1cc(C)nn1. The van der Waals surface area contributed by atoms with Gasteiger partial charge in [0, 0.05) is 19.3 Å². The number of unbranched alkanes of at least 4 members (excludes halogenated alkanes) is 1. The van der Waals surface area contributed by atoms with Crippen molar-refractivity contribution in [3.63, 3.8) is 0 Å². The Kier molecular flexibility index (Phi) is 4.97. The number of hydrogen-bond donors (Lipinski definition) is 0. The lowest BCUT2D eigenvalue weighted by Gasteiger charge is -2.01. The molecule has 0 saturated carbocycles. The first-order chi connectivity index (χ1) is 7.18. The molecule has 0 bridgehead atoms. The first-order valence-electron chi connectivity index (χ1n) is 5.12. The summed E-state index contributed by atoms with van der Waals surface area (Å²) in [7, 11) is 0. The number of ether oxygens (including phenoxy) is 1. The third-order valence-corrected chi connectivity index (χ3v) is 1.88. The molecule has 5 nitrogen and oxygen atoms in total. The number of aryl methyl sites for hydroxylation is 2. The Bertz CT molecular complexity index is 309. The molecule has 0 unspecified atom stereocenters. The molecule has 0 radical (unpaired) electrons. The van der Waals surface area contributed by atoms with Gasteiger partial charge in [0.25, 0.3) is 0 Å². The molecular weight excluding hydrogens is 194 g/mol. The van der Waals surface area contributed by atoms with Gasteiger partial charge in [0.1, 0.15) is 6.61 Å². The molecule has 0 N–H and O–H groups in total. The lowest BCUT2D eigenvalue weighted by Crippen LogP contribution is -2.06. The number of hydrogen-bond acceptors (Lipinski definition) is 4. The minimum absolute atomic E-state index is 0.0712. The zero-order chi connectivity index (χ0) is 11.1. The van der Waals surface area contributed by atoms with Crippen LogP contribution in [-0.2, 0) is 16.1 Å². The summed E-state index contributed by atoms with van der Waals surface area (Å²) in [6, 6.07) is 0. The van der Waals surface area contributed by atoms with Crippen molar-refractivity contribution < 1.29 is 9.53 Å². The molecule has 0 aliphatic carbocycles. The van der Waals surface area contributed by atoms with Gasteiger partial charge in [0.05, 0.1) is 5.69 Å². The van der Waals surface area contributed by atoms with Crippen molar-refractivity contribution in [2.24, 2.45) is 0 Å². The number of carbonyl (C=O) groups excluding carboxylic acids is 1. The number of Topliss-reactive ketones (excluding diaryl/α,β-unsaturated/α-hetero) is 1. The van der Waals surface area contributed by atoms with Crippen LogP contribution in [0.1, 0.15) is 25.5 Å². The highest BCUT2D eigenvalue weighted by Gasteiger charge is 1.96. The maximum absolute atomic E-state index is 10.6. The van der Waals surface area contributed by atoms with Crippen LogP contribution < -0.4 is 0 Å². The monoisotopic (exact) mass is 211 g/mol. The largest absolute Gasteiger partial charge is 0.374 e. The lowest BCUT2D eigenvalue weighted by atomic mass is 10.3. The average molecular weight is 211 g/mol. The van der Waals surface area contributed by atoms with Crippen LogP contribution in [-0.4, -0.2) is 34.0 Å². The Morgan fingerprint density at radius 2 is 2.33 bits per heavy atom. The fraction of sp³-hybridized carbons (Fsp3) is 0.700. The van der Waals surface area contributed by atoms with Gasteiger partial charge in [-0.25, -0.2) is 0 Å². The molecule has 15 heavy (non-hydrogen) atoms. The van der Waals surface area contributed by atoms with E-state index in [0.29, 0.717) is 6.61 Å². The molecule has 0 amide bonds. The normalized spacial score (nSPS) is 10.5. The van der Waals surface area contributed by atoms with E-state index in [-0.39, 0.29) is 12.4 Å². The van der Waals surface area contributed by atoms with Crippen molar-refractivity contribution in [1.82, 2.24) is 15.0 Å². The minimum Gasteiger partial charge on any atom is -0.374 e. The third-order valence-electron chi connectivity index (χ3n) is 1.88. The zero-order valence-corrected chi connectivity index (χ0v) is 9.27. The van der Waals surface area contributed by atoms with Gasteiger partial charge in [0.2, 0.25) is 0 Å². The lowest BCUT2D eigenvalue weighted by molar-refractivity contribution is -0.121. The summed E-state index contributed by atoms with van der Waals surface area (Å²) >= 11 is 0. The molecule has 1 aromatic rings. The van der Waals surface area contributed by atoms with E-state index < -0.39 is 0 Å². The molecule has 0 atom stereocenters. The van der Waals surface area contributed by atoms with Crippen molar-refractivity contribution in [3.8, 4) is 0 Å². The van der Waals surface area contributed by atoms with Crippen molar-refractivity contribution >= 4 is 5.78 Å². The van der Waals surface area contributed by atoms with E-state index in [1.54, 1.807) is 0 Å². The Balaban J connectivity index is 2.00.